The number of benzene rings is 2. The third kappa shape index (κ3) is 9.02. The molecule has 3 heterocycles. The van der Waals surface area contributed by atoms with Crippen LogP contribution in [0.3, 0.4) is 0 Å². The Hall–Kier alpha value is -3.69. The standard InChI is InChI=1S/C38H50FN3O5/c1-25-31(34(36(43)44)47-37(2,3)4)33(42-20-18-38(5,6)19-21-42)32(35(40-25)41-29-16-22-45-23-17-29)27-9-13-30(14-10-27)46-24-15-26-7-11-28(39)12-8-26/h7-14,29,34H,15-24H2,1-6H3,(H,40,41)(H,43,44). The average molecular weight is 648 g/mol. The van der Waals surface area contributed by atoms with E-state index >= 15 is 0 Å². The van der Waals surface area contributed by atoms with Crippen molar-refractivity contribution in [2.75, 3.05) is 43.1 Å². The van der Waals surface area contributed by atoms with E-state index in [1.54, 1.807) is 12.1 Å². The van der Waals surface area contributed by atoms with E-state index in [9.17, 15) is 14.3 Å². The molecule has 2 fully saturated rings. The Balaban J connectivity index is 1.58. The first-order chi connectivity index (χ1) is 22.3. The van der Waals surface area contributed by atoms with Crippen molar-refractivity contribution in [1.29, 1.82) is 0 Å². The maximum Gasteiger partial charge on any atom is 0.337 e. The summed E-state index contributed by atoms with van der Waals surface area (Å²) in [6.45, 7) is 15.5. The molecule has 2 saturated heterocycles. The molecule has 1 atom stereocenters. The zero-order valence-electron chi connectivity index (χ0n) is 28.7. The lowest BCUT2D eigenvalue weighted by Gasteiger charge is -2.41. The number of carboxylic acid groups (broad SMARTS) is 1. The van der Waals surface area contributed by atoms with Gasteiger partial charge in [-0.3, -0.25) is 0 Å². The lowest BCUT2D eigenvalue weighted by molar-refractivity contribution is -0.160. The van der Waals surface area contributed by atoms with Gasteiger partial charge in [0.2, 0.25) is 0 Å². The van der Waals surface area contributed by atoms with Crippen molar-refractivity contribution in [1.82, 2.24) is 4.98 Å². The molecule has 1 aromatic heterocycles. The smallest absolute Gasteiger partial charge is 0.337 e. The minimum atomic E-state index is -1.20. The van der Waals surface area contributed by atoms with E-state index < -0.39 is 17.7 Å². The molecular formula is C38H50FN3O5. The van der Waals surface area contributed by atoms with Crippen molar-refractivity contribution in [3.63, 3.8) is 0 Å². The van der Waals surface area contributed by atoms with E-state index in [0.717, 1.165) is 72.7 Å². The van der Waals surface area contributed by atoms with E-state index in [-0.39, 0.29) is 17.3 Å². The van der Waals surface area contributed by atoms with E-state index in [1.807, 2.05) is 52.0 Å². The van der Waals surface area contributed by atoms with Gasteiger partial charge in [-0.1, -0.05) is 38.1 Å². The van der Waals surface area contributed by atoms with Crippen molar-refractivity contribution in [2.24, 2.45) is 5.41 Å². The number of piperidine rings is 1. The normalized spacial score (nSPS) is 17.7. The second kappa shape index (κ2) is 14.6. The van der Waals surface area contributed by atoms with Gasteiger partial charge in [0, 0.05) is 55.6 Å². The van der Waals surface area contributed by atoms with Crippen molar-refractivity contribution in [2.45, 2.75) is 91.4 Å². The zero-order chi connectivity index (χ0) is 33.8. The molecule has 47 heavy (non-hydrogen) atoms. The Bertz CT molecular complexity index is 1500. The number of aromatic nitrogens is 1. The Morgan fingerprint density at radius 3 is 2.32 bits per heavy atom. The van der Waals surface area contributed by atoms with Crippen LogP contribution >= 0.6 is 0 Å². The van der Waals surface area contributed by atoms with Gasteiger partial charge < -0.3 is 29.5 Å². The second-order valence-electron chi connectivity index (χ2n) is 14.6. The van der Waals surface area contributed by atoms with Crippen LogP contribution in [0.2, 0.25) is 0 Å². The zero-order valence-corrected chi connectivity index (χ0v) is 28.7. The fourth-order valence-electron chi connectivity index (χ4n) is 6.34. The number of halogens is 1. The minimum absolute atomic E-state index is 0.184. The molecule has 0 radical (unpaired) electrons. The van der Waals surface area contributed by atoms with Crippen LogP contribution in [-0.2, 0) is 20.7 Å². The van der Waals surface area contributed by atoms with Crippen molar-refractivity contribution < 1.29 is 28.5 Å². The molecule has 2 aliphatic heterocycles. The van der Waals surface area contributed by atoms with Gasteiger partial charge in [-0.05, 0) is 94.2 Å². The van der Waals surface area contributed by atoms with E-state index in [4.69, 9.17) is 19.2 Å². The molecule has 0 amide bonds. The summed E-state index contributed by atoms with van der Waals surface area (Å²) in [6, 6.07) is 14.6. The molecule has 2 aliphatic rings. The highest BCUT2D eigenvalue weighted by Crippen LogP contribution is 2.47. The highest BCUT2D eigenvalue weighted by atomic mass is 19.1. The van der Waals surface area contributed by atoms with Crippen LogP contribution < -0.4 is 15.0 Å². The molecule has 0 bridgehead atoms. The largest absolute Gasteiger partial charge is 0.493 e. The Labute approximate surface area is 278 Å². The summed E-state index contributed by atoms with van der Waals surface area (Å²) in [4.78, 5) is 20.4. The fourth-order valence-corrected chi connectivity index (χ4v) is 6.34. The molecule has 0 aliphatic carbocycles. The predicted octanol–water partition coefficient (Wildman–Crippen LogP) is 7.98. The molecule has 2 N–H and O–H groups in total. The molecule has 5 rings (SSSR count). The van der Waals surface area contributed by atoms with E-state index in [2.05, 4.69) is 24.1 Å². The summed E-state index contributed by atoms with van der Waals surface area (Å²) in [6.07, 6.45) is 3.15. The van der Waals surface area contributed by atoms with Crippen molar-refractivity contribution >= 4 is 17.5 Å². The summed E-state index contributed by atoms with van der Waals surface area (Å²) >= 11 is 0. The molecule has 0 spiro atoms. The number of rotatable bonds is 11. The summed E-state index contributed by atoms with van der Waals surface area (Å²) in [5, 5.41) is 14.3. The monoisotopic (exact) mass is 647 g/mol. The molecule has 8 nitrogen and oxygen atoms in total. The Morgan fingerprint density at radius 1 is 1.09 bits per heavy atom. The van der Waals surface area contributed by atoms with Crippen LogP contribution in [-0.4, -0.2) is 60.6 Å². The number of ether oxygens (including phenoxy) is 3. The highest BCUT2D eigenvalue weighted by molar-refractivity contribution is 5.92. The quantitative estimate of drug-likeness (QED) is 0.217. The lowest BCUT2D eigenvalue weighted by Crippen LogP contribution is -2.39. The molecule has 3 aromatic rings. The van der Waals surface area contributed by atoms with Gasteiger partial charge in [-0.25, -0.2) is 14.2 Å². The first-order valence-electron chi connectivity index (χ1n) is 16.8. The number of carboxylic acids is 1. The SMILES string of the molecule is Cc1nc(NC2CCOCC2)c(-c2ccc(OCCc3ccc(F)cc3)cc2)c(N2CCC(C)(C)CC2)c1C(OC(C)(C)C)C(=O)O. The van der Waals surface area contributed by atoms with Gasteiger partial charge in [0.05, 0.1) is 17.9 Å². The van der Waals surface area contributed by atoms with Crippen LogP contribution in [0, 0.1) is 18.2 Å². The van der Waals surface area contributed by atoms with E-state index in [0.29, 0.717) is 37.5 Å². The molecule has 1 unspecified atom stereocenters. The summed E-state index contributed by atoms with van der Waals surface area (Å²) in [7, 11) is 0. The number of anilines is 2. The van der Waals surface area contributed by atoms with Gasteiger partial charge in [-0.15, -0.1) is 0 Å². The maximum absolute atomic E-state index is 13.3. The maximum atomic E-state index is 13.3. The van der Waals surface area contributed by atoms with Crippen LogP contribution in [0.25, 0.3) is 11.1 Å². The Kier molecular flexibility index (Phi) is 10.8. The van der Waals surface area contributed by atoms with Crippen LogP contribution in [0.1, 0.15) is 83.2 Å². The first kappa shape index (κ1) is 34.6. The Morgan fingerprint density at radius 2 is 1.72 bits per heavy atom. The number of nitrogens with zero attached hydrogens (tertiary/aromatic N) is 2. The number of aliphatic carboxylic acids is 1. The van der Waals surface area contributed by atoms with Gasteiger partial charge >= 0.3 is 5.97 Å². The van der Waals surface area contributed by atoms with Crippen molar-refractivity contribution in [3.8, 4) is 16.9 Å². The third-order valence-electron chi connectivity index (χ3n) is 9.07. The predicted molar refractivity (Wildman–Crippen MR) is 184 cm³/mol. The highest BCUT2D eigenvalue weighted by Gasteiger charge is 2.37. The van der Waals surface area contributed by atoms with Gasteiger partial charge in [0.25, 0.3) is 0 Å². The second-order valence-corrected chi connectivity index (χ2v) is 14.6. The molecule has 2 aromatic carbocycles. The number of aryl methyl sites for hydroxylation is 1. The van der Waals surface area contributed by atoms with Crippen LogP contribution in [0.5, 0.6) is 5.75 Å². The van der Waals surface area contributed by atoms with Gasteiger partial charge in [-0.2, -0.15) is 0 Å². The molecule has 0 saturated carbocycles. The summed E-state index contributed by atoms with van der Waals surface area (Å²) < 4.78 is 31.3. The van der Waals surface area contributed by atoms with E-state index in [1.165, 1.54) is 12.1 Å². The molecule has 9 heteroatoms. The fraction of sp³-hybridized carbons (Fsp3) is 0.526. The van der Waals surface area contributed by atoms with Gasteiger partial charge in [0.15, 0.2) is 6.10 Å². The van der Waals surface area contributed by atoms with Gasteiger partial charge in [0.1, 0.15) is 17.4 Å². The lowest BCUT2D eigenvalue weighted by atomic mass is 9.82. The van der Waals surface area contributed by atoms with Crippen molar-refractivity contribution in [3.05, 3.63) is 71.2 Å². The number of nitrogens with one attached hydrogen (secondary N) is 1. The molecule has 254 valence electrons. The average Bonchev–Trinajstić information content (AvgIpc) is 3.01. The third-order valence-corrected chi connectivity index (χ3v) is 9.07. The topological polar surface area (TPSA) is 93.2 Å². The molecular weight excluding hydrogens is 597 g/mol. The van der Waals surface area contributed by atoms with Crippen LogP contribution in [0.4, 0.5) is 15.9 Å². The first-order valence-corrected chi connectivity index (χ1v) is 16.8. The number of pyridine rings is 1. The number of hydrogen-bond acceptors (Lipinski definition) is 7. The minimum Gasteiger partial charge on any atom is -0.493 e. The van der Waals surface area contributed by atoms with Crippen LogP contribution in [0.15, 0.2) is 48.5 Å². The summed E-state index contributed by atoms with van der Waals surface area (Å²) in [5.74, 6) is 0.167. The number of hydrogen-bond donors (Lipinski definition) is 2. The number of carbonyl (C=O) groups is 1. The summed E-state index contributed by atoms with van der Waals surface area (Å²) in [5.41, 5.74) is 4.40.